The average Bonchev–Trinajstić information content (AvgIpc) is 2.37. The molecule has 2 aromatic rings. The van der Waals surface area contributed by atoms with E-state index in [-0.39, 0.29) is 6.10 Å². The van der Waals surface area contributed by atoms with Gasteiger partial charge in [0, 0.05) is 6.54 Å². The average molecular weight is 277 g/mol. The molecule has 1 heterocycles. The van der Waals surface area contributed by atoms with Crippen molar-refractivity contribution in [1.82, 2.24) is 4.98 Å². The summed E-state index contributed by atoms with van der Waals surface area (Å²) >= 11 is 5.83. The minimum absolute atomic E-state index is 0.194. The van der Waals surface area contributed by atoms with Crippen molar-refractivity contribution < 1.29 is 4.74 Å². The van der Waals surface area contributed by atoms with Gasteiger partial charge in [-0.25, -0.2) is 4.98 Å². The molecule has 0 fully saturated rings. The molecule has 1 N–H and O–H groups in total. The summed E-state index contributed by atoms with van der Waals surface area (Å²) in [5, 5.41) is 3.72. The van der Waals surface area contributed by atoms with Crippen LogP contribution in [0.5, 0.6) is 5.75 Å². The van der Waals surface area contributed by atoms with Crippen molar-refractivity contribution in [3.63, 3.8) is 0 Å². The van der Waals surface area contributed by atoms with Crippen molar-refractivity contribution in [2.75, 3.05) is 5.32 Å². The number of rotatable bonds is 5. The summed E-state index contributed by atoms with van der Waals surface area (Å²) in [7, 11) is 0. The van der Waals surface area contributed by atoms with Crippen molar-refractivity contribution in [3.8, 4) is 5.75 Å². The Morgan fingerprint density at radius 2 is 1.89 bits per heavy atom. The highest BCUT2D eigenvalue weighted by molar-refractivity contribution is 6.29. The molecule has 19 heavy (non-hydrogen) atoms. The summed E-state index contributed by atoms with van der Waals surface area (Å²) in [4.78, 5) is 4.17. The summed E-state index contributed by atoms with van der Waals surface area (Å²) in [6, 6.07) is 13.5. The van der Waals surface area contributed by atoms with Crippen molar-refractivity contribution in [2.45, 2.75) is 26.5 Å². The predicted octanol–water partition coefficient (Wildman–Crippen LogP) is 4.13. The molecule has 100 valence electrons. The Kier molecular flexibility index (Phi) is 4.63. The number of benzene rings is 1. The Morgan fingerprint density at radius 3 is 2.53 bits per heavy atom. The van der Waals surface area contributed by atoms with Crippen molar-refractivity contribution in [3.05, 3.63) is 53.2 Å². The molecule has 0 unspecified atom stereocenters. The van der Waals surface area contributed by atoms with Crippen LogP contribution in [0.2, 0.25) is 5.15 Å². The Hall–Kier alpha value is -1.74. The fourth-order valence-corrected chi connectivity index (χ4v) is 1.82. The quantitative estimate of drug-likeness (QED) is 0.834. The smallest absolute Gasteiger partial charge is 0.131 e. The first kappa shape index (κ1) is 13.7. The van der Waals surface area contributed by atoms with Crippen molar-refractivity contribution >= 4 is 17.4 Å². The second-order valence-electron chi connectivity index (χ2n) is 4.51. The van der Waals surface area contributed by atoms with Crippen LogP contribution in [-0.4, -0.2) is 11.1 Å². The second kappa shape index (κ2) is 6.43. The normalized spacial score (nSPS) is 10.5. The molecular formula is C15H17ClN2O. The maximum absolute atomic E-state index is 5.83. The van der Waals surface area contributed by atoms with Gasteiger partial charge in [0.2, 0.25) is 0 Å². The van der Waals surface area contributed by atoms with Crippen LogP contribution in [0.4, 0.5) is 5.82 Å². The summed E-state index contributed by atoms with van der Waals surface area (Å²) < 4.78 is 5.60. The molecule has 1 aromatic carbocycles. The molecule has 0 aliphatic rings. The summed E-state index contributed by atoms with van der Waals surface area (Å²) in [6.45, 7) is 4.73. The van der Waals surface area contributed by atoms with E-state index in [4.69, 9.17) is 16.3 Å². The Bertz CT molecular complexity index is 526. The lowest BCUT2D eigenvalue weighted by Gasteiger charge is -2.10. The van der Waals surface area contributed by atoms with E-state index in [0.29, 0.717) is 11.7 Å². The number of aromatic nitrogens is 1. The van der Waals surface area contributed by atoms with E-state index in [1.54, 1.807) is 6.07 Å². The van der Waals surface area contributed by atoms with Crippen LogP contribution in [-0.2, 0) is 6.54 Å². The SMILES string of the molecule is CC(C)Oc1ccc(CNc2cccc(Cl)n2)cc1. The lowest BCUT2D eigenvalue weighted by atomic mass is 10.2. The van der Waals surface area contributed by atoms with Crippen molar-refractivity contribution in [2.24, 2.45) is 0 Å². The van der Waals surface area contributed by atoms with Crippen molar-refractivity contribution in [1.29, 1.82) is 0 Å². The van der Waals surface area contributed by atoms with Gasteiger partial charge in [-0.1, -0.05) is 29.8 Å². The molecule has 0 atom stereocenters. The molecule has 3 nitrogen and oxygen atoms in total. The number of anilines is 1. The monoisotopic (exact) mass is 276 g/mol. The molecule has 0 saturated carbocycles. The third-order valence-corrected chi connectivity index (χ3v) is 2.69. The summed E-state index contributed by atoms with van der Waals surface area (Å²) in [6.07, 6.45) is 0.194. The first-order valence-corrected chi connectivity index (χ1v) is 6.63. The first-order valence-electron chi connectivity index (χ1n) is 6.25. The van der Waals surface area contributed by atoms with Gasteiger partial charge < -0.3 is 10.1 Å². The van der Waals surface area contributed by atoms with Gasteiger partial charge in [-0.15, -0.1) is 0 Å². The lowest BCUT2D eigenvalue weighted by Crippen LogP contribution is -2.05. The third-order valence-electron chi connectivity index (χ3n) is 2.48. The Labute approximate surface area is 118 Å². The van der Waals surface area contributed by atoms with E-state index in [1.165, 1.54) is 0 Å². The Morgan fingerprint density at radius 1 is 1.16 bits per heavy atom. The second-order valence-corrected chi connectivity index (χ2v) is 4.90. The number of halogens is 1. The molecule has 4 heteroatoms. The number of hydrogen-bond donors (Lipinski definition) is 1. The Balaban J connectivity index is 1.93. The van der Waals surface area contributed by atoms with Gasteiger partial charge in [-0.3, -0.25) is 0 Å². The number of hydrogen-bond acceptors (Lipinski definition) is 3. The first-order chi connectivity index (χ1) is 9.13. The van der Waals surface area contributed by atoms with E-state index in [2.05, 4.69) is 10.3 Å². The van der Waals surface area contributed by atoms with E-state index in [9.17, 15) is 0 Å². The molecule has 1 aromatic heterocycles. The summed E-state index contributed by atoms with van der Waals surface area (Å²) in [5.41, 5.74) is 1.16. The zero-order chi connectivity index (χ0) is 13.7. The van der Waals surface area contributed by atoms with E-state index >= 15 is 0 Å². The standard InChI is InChI=1S/C15H17ClN2O/c1-11(2)19-13-8-6-12(7-9-13)10-17-15-5-3-4-14(16)18-15/h3-9,11H,10H2,1-2H3,(H,17,18). The largest absolute Gasteiger partial charge is 0.491 e. The van der Waals surface area contributed by atoms with Gasteiger partial charge in [-0.2, -0.15) is 0 Å². The van der Waals surface area contributed by atoms with Crippen LogP contribution in [0.1, 0.15) is 19.4 Å². The minimum Gasteiger partial charge on any atom is -0.491 e. The van der Waals surface area contributed by atoms with Gasteiger partial charge in [0.15, 0.2) is 0 Å². The van der Waals surface area contributed by atoms with Crippen LogP contribution in [0.3, 0.4) is 0 Å². The van der Waals surface area contributed by atoms with E-state index in [0.717, 1.165) is 17.1 Å². The molecule has 0 saturated heterocycles. The van der Waals surface area contributed by atoms with Crippen LogP contribution in [0.15, 0.2) is 42.5 Å². The molecule has 0 aliphatic heterocycles. The highest BCUT2D eigenvalue weighted by Gasteiger charge is 1.99. The van der Waals surface area contributed by atoms with Gasteiger partial charge in [0.05, 0.1) is 6.10 Å². The van der Waals surface area contributed by atoms with Crippen LogP contribution < -0.4 is 10.1 Å². The molecule has 0 radical (unpaired) electrons. The molecule has 0 amide bonds. The zero-order valence-corrected chi connectivity index (χ0v) is 11.8. The number of nitrogens with zero attached hydrogens (tertiary/aromatic N) is 1. The van der Waals surface area contributed by atoms with Crippen LogP contribution >= 0.6 is 11.6 Å². The minimum atomic E-state index is 0.194. The summed E-state index contributed by atoms with van der Waals surface area (Å²) in [5.74, 6) is 1.66. The topological polar surface area (TPSA) is 34.1 Å². The predicted molar refractivity (Wildman–Crippen MR) is 78.8 cm³/mol. The maximum Gasteiger partial charge on any atom is 0.131 e. The lowest BCUT2D eigenvalue weighted by molar-refractivity contribution is 0.242. The fourth-order valence-electron chi connectivity index (χ4n) is 1.66. The zero-order valence-electron chi connectivity index (χ0n) is 11.1. The number of nitrogens with one attached hydrogen (secondary N) is 1. The maximum atomic E-state index is 5.83. The van der Waals surface area contributed by atoms with Crippen LogP contribution in [0, 0.1) is 0 Å². The van der Waals surface area contributed by atoms with E-state index in [1.807, 2.05) is 50.2 Å². The van der Waals surface area contributed by atoms with E-state index < -0.39 is 0 Å². The highest BCUT2D eigenvalue weighted by atomic mass is 35.5. The molecular weight excluding hydrogens is 260 g/mol. The number of pyridine rings is 1. The fraction of sp³-hybridized carbons (Fsp3) is 0.267. The third kappa shape index (κ3) is 4.45. The molecule has 2 rings (SSSR count). The van der Waals surface area contributed by atoms with Gasteiger partial charge in [0.25, 0.3) is 0 Å². The van der Waals surface area contributed by atoms with Gasteiger partial charge >= 0.3 is 0 Å². The van der Waals surface area contributed by atoms with Gasteiger partial charge in [0.1, 0.15) is 16.7 Å². The highest BCUT2D eigenvalue weighted by Crippen LogP contribution is 2.15. The van der Waals surface area contributed by atoms with Gasteiger partial charge in [-0.05, 0) is 43.7 Å². The van der Waals surface area contributed by atoms with Crippen LogP contribution in [0.25, 0.3) is 0 Å². The molecule has 0 spiro atoms. The number of ether oxygens (including phenoxy) is 1. The molecule has 0 bridgehead atoms. The molecule has 0 aliphatic carbocycles.